The monoisotopic (exact) mass is 435 g/mol. The van der Waals surface area contributed by atoms with E-state index in [4.69, 9.17) is 4.43 Å². The van der Waals surface area contributed by atoms with Gasteiger partial charge in [-0.25, -0.2) is 0 Å². The Morgan fingerprint density at radius 1 is 0.968 bits per heavy atom. The lowest BCUT2D eigenvalue weighted by Crippen LogP contribution is -2.41. The Balaban J connectivity index is 2.39. The average molecular weight is 436 g/mol. The Bertz CT molecular complexity index is 928. The molecule has 31 heavy (non-hydrogen) atoms. The third-order valence-corrected chi connectivity index (χ3v) is 10.9. The van der Waals surface area contributed by atoms with Gasteiger partial charge in [-0.1, -0.05) is 84.0 Å². The van der Waals surface area contributed by atoms with Crippen LogP contribution in [0.5, 0.6) is 0 Å². The fourth-order valence-electron chi connectivity index (χ4n) is 3.08. The van der Waals surface area contributed by atoms with E-state index in [1.807, 2.05) is 30.6 Å². The molecule has 0 bridgehead atoms. The van der Waals surface area contributed by atoms with Crippen LogP contribution in [0.15, 0.2) is 59.7 Å². The quantitative estimate of drug-likeness (QED) is 0.329. The molecule has 0 saturated carbocycles. The molecule has 0 amide bonds. The summed E-state index contributed by atoms with van der Waals surface area (Å²) >= 11 is 0. The van der Waals surface area contributed by atoms with Gasteiger partial charge in [0.25, 0.3) is 0 Å². The molecule has 0 N–H and O–H groups in total. The fraction of sp³-hybridized carbons (Fsp3) is 0.464. The van der Waals surface area contributed by atoms with E-state index in [0.29, 0.717) is 0 Å². The largest absolute Gasteiger partial charge is 0.410 e. The molecule has 0 radical (unpaired) electrons. The lowest BCUT2D eigenvalue weighted by Gasteiger charge is -2.38. The lowest BCUT2D eigenvalue weighted by atomic mass is 9.83. The van der Waals surface area contributed by atoms with E-state index in [0.717, 1.165) is 11.1 Å². The Kier molecular flexibility index (Phi) is 7.88. The maximum Gasteiger partial charge on any atom is 0.192 e. The third-order valence-electron chi connectivity index (χ3n) is 6.32. The Labute approximate surface area is 191 Å². The van der Waals surface area contributed by atoms with Crippen LogP contribution in [0.1, 0.15) is 83.7 Å². The van der Waals surface area contributed by atoms with Gasteiger partial charge in [0.15, 0.2) is 8.32 Å². The van der Waals surface area contributed by atoms with Gasteiger partial charge >= 0.3 is 0 Å². The minimum atomic E-state index is -1.86. The summed E-state index contributed by atoms with van der Waals surface area (Å²) < 4.78 is 6.72. The van der Waals surface area contributed by atoms with E-state index >= 15 is 0 Å². The number of benzene rings is 2. The third kappa shape index (κ3) is 7.01. The Hall–Kier alpha value is -1.97. The van der Waals surface area contributed by atoms with Crippen molar-refractivity contribution < 1.29 is 4.43 Å². The molecule has 0 heterocycles. The number of hydrogen-bond acceptors (Lipinski definition) is 2. The molecule has 0 aliphatic heterocycles. The van der Waals surface area contributed by atoms with Crippen LogP contribution in [-0.4, -0.2) is 14.5 Å². The highest BCUT2D eigenvalue weighted by Crippen LogP contribution is 2.40. The van der Waals surface area contributed by atoms with Crippen molar-refractivity contribution >= 4 is 20.1 Å². The van der Waals surface area contributed by atoms with Crippen molar-refractivity contribution in [3.05, 3.63) is 77.0 Å². The number of allylic oxidation sites excluding steroid dienone is 1. The molecule has 168 valence electrons. The standard InChI is InChI=1S/C28H41NOSi/c1-21(19-29-20-23-14-12-11-13-15-23)24-16-25(18-26(17-24)27(3,4)5)22(2)30-31(9,10)28(6,7)8/h11-20,22H,1-10H3/b21-19+,29-20?. The van der Waals surface area contributed by atoms with Crippen LogP contribution in [-0.2, 0) is 9.84 Å². The molecule has 0 spiro atoms. The van der Waals surface area contributed by atoms with Crippen molar-refractivity contribution in [2.75, 3.05) is 0 Å². The van der Waals surface area contributed by atoms with E-state index in [-0.39, 0.29) is 16.6 Å². The molecule has 0 saturated heterocycles. The van der Waals surface area contributed by atoms with Crippen molar-refractivity contribution in [2.24, 2.45) is 4.99 Å². The summed E-state index contributed by atoms with van der Waals surface area (Å²) in [5.41, 5.74) is 6.09. The molecule has 1 unspecified atom stereocenters. The van der Waals surface area contributed by atoms with Gasteiger partial charge in [-0.05, 0) is 71.3 Å². The van der Waals surface area contributed by atoms with Gasteiger partial charge < -0.3 is 4.43 Å². The molecular weight excluding hydrogens is 394 g/mol. The maximum atomic E-state index is 6.72. The SMILES string of the molecule is C/C(=C\N=Cc1ccccc1)c1cc(C(C)O[Si](C)(C)C(C)(C)C)cc(C(C)(C)C)c1. The van der Waals surface area contributed by atoms with Crippen molar-refractivity contribution in [2.45, 2.75) is 85.0 Å². The number of rotatable bonds is 6. The maximum absolute atomic E-state index is 6.72. The lowest BCUT2D eigenvalue weighted by molar-refractivity contribution is 0.203. The molecule has 1 atom stereocenters. The molecule has 2 aromatic rings. The van der Waals surface area contributed by atoms with Gasteiger partial charge in [-0.2, -0.15) is 0 Å². The van der Waals surface area contributed by atoms with Gasteiger partial charge in [-0.3, -0.25) is 4.99 Å². The first-order valence-corrected chi connectivity index (χ1v) is 14.2. The molecule has 3 heteroatoms. The highest BCUT2D eigenvalue weighted by Gasteiger charge is 2.38. The normalized spacial score (nSPS) is 14.8. The minimum absolute atomic E-state index is 0.0579. The van der Waals surface area contributed by atoms with Gasteiger partial charge in [0.2, 0.25) is 0 Å². The van der Waals surface area contributed by atoms with Crippen LogP contribution in [0.3, 0.4) is 0 Å². The molecule has 0 aliphatic carbocycles. The second-order valence-electron chi connectivity index (χ2n) is 11.1. The first-order chi connectivity index (χ1) is 14.2. The summed E-state index contributed by atoms with van der Waals surface area (Å²) in [6.45, 7) is 22.6. The van der Waals surface area contributed by atoms with E-state index in [1.165, 1.54) is 16.7 Å². The van der Waals surface area contributed by atoms with Gasteiger partial charge in [0.05, 0.1) is 6.10 Å². The second kappa shape index (κ2) is 9.66. The summed E-state index contributed by atoms with van der Waals surface area (Å²) in [5.74, 6) is 0. The van der Waals surface area contributed by atoms with Crippen molar-refractivity contribution in [1.82, 2.24) is 0 Å². The summed E-state index contributed by atoms with van der Waals surface area (Å²) in [6, 6.07) is 17.1. The van der Waals surface area contributed by atoms with Crippen molar-refractivity contribution in [3.8, 4) is 0 Å². The minimum Gasteiger partial charge on any atom is -0.410 e. The van der Waals surface area contributed by atoms with Gasteiger partial charge in [-0.15, -0.1) is 0 Å². The Morgan fingerprint density at radius 2 is 1.58 bits per heavy atom. The highest BCUT2D eigenvalue weighted by atomic mass is 28.4. The second-order valence-corrected chi connectivity index (χ2v) is 15.9. The number of aliphatic imine (C=N–C) groups is 1. The smallest absolute Gasteiger partial charge is 0.192 e. The van der Waals surface area contributed by atoms with Crippen LogP contribution in [0.4, 0.5) is 0 Å². The van der Waals surface area contributed by atoms with Crippen LogP contribution < -0.4 is 0 Å². The zero-order valence-corrected chi connectivity index (χ0v) is 22.2. The van der Waals surface area contributed by atoms with E-state index in [2.05, 4.69) is 104 Å². The highest BCUT2D eigenvalue weighted by molar-refractivity contribution is 6.74. The zero-order valence-electron chi connectivity index (χ0n) is 21.2. The predicted molar refractivity (Wildman–Crippen MR) is 140 cm³/mol. The summed E-state index contributed by atoms with van der Waals surface area (Å²) in [5, 5.41) is 0.188. The number of hydrogen-bond donors (Lipinski definition) is 0. The predicted octanol–water partition coefficient (Wildman–Crippen LogP) is 8.55. The van der Waals surface area contributed by atoms with Crippen LogP contribution >= 0.6 is 0 Å². The molecule has 2 nitrogen and oxygen atoms in total. The Morgan fingerprint density at radius 3 is 2.13 bits per heavy atom. The van der Waals surface area contributed by atoms with Crippen LogP contribution in [0, 0.1) is 0 Å². The summed E-state index contributed by atoms with van der Waals surface area (Å²) in [4.78, 5) is 4.56. The molecule has 0 aromatic heterocycles. The van der Waals surface area contributed by atoms with Crippen LogP contribution in [0.2, 0.25) is 18.1 Å². The number of nitrogens with zero attached hydrogens (tertiary/aromatic N) is 1. The van der Waals surface area contributed by atoms with Gasteiger partial charge in [0, 0.05) is 12.4 Å². The zero-order chi connectivity index (χ0) is 23.4. The first kappa shape index (κ1) is 25.3. The van der Waals surface area contributed by atoms with E-state index in [1.54, 1.807) is 0 Å². The van der Waals surface area contributed by atoms with Crippen molar-refractivity contribution in [3.63, 3.8) is 0 Å². The molecule has 0 fully saturated rings. The van der Waals surface area contributed by atoms with E-state index < -0.39 is 8.32 Å². The molecule has 0 aliphatic rings. The molecule has 2 aromatic carbocycles. The van der Waals surface area contributed by atoms with Gasteiger partial charge in [0.1, 0.15) is 0 Å². The summed E-state index contributed by atoms with van der Waals surface area (Å²) in [7, 11) is -1.86. The average Bonchev–Trinajstić information content (AvgIpc) is 2.66. The summed E-state index contributed by atoms with van der Waals surface area (Å²) in [6.07, 6.45) is 3.92. The first-order valence-electron chi connectivity index (χ1n) is 11.3. The molecular formula is C28H41NOSi. The fourth-order valence-corrected chi connectivity index (χ4v) is 4.46. The van der Waals surface area contributed by atoms with E-state index in [9.17, 15) is 0 Å². The molecule has 2 rings (SSSR count). The topological polar surface area (TPSA) is 21.6 Å². The van der Waals surface area contributed by atoms with Crippen LogP contribution in [0.25, 0.3) is 5.57 Å². The van der Waals surface area contributed by atoms with Crippen molar-refractivity contribution in [1.29, 1.82) is 0 Å².